The number of carbonyl (C=O) groups excluding carboxylic acids is 2. The number of aromatic nitrogens is 1. The molecule has 0 unspecified atom stereocenters. The van der Waals surface area contributed by atoms with Crippen LogP contribution in [0.2, 0.25) is 0 Å². The number of hydrogen-bond donors (Lipinski definition) is 1. The number of methoxy groups -OCH3 is 1. The van der Waals surface area contributed by atoms with Crippen LogP contribution in [0.15, 0.2) is 42.5 Å². The lowest BCUT2D eigenvalue weighted by Crippen LogP contribution is -2.19. The zero-order chi connectivity index (χ0) is 19.6. The highest BCUT2D eigenvalue weighted by atomic mass is 16.5. The van der Waals surface area contributed by atoms with E-state index in [4.69, 9.17) is 4.74 Å². The average molecular weight is 364 g/mol. The lowest BCUT2D eigenvalue weighted by atomic mass is 10.1. The second-order valence-electron chi connectivity index (χ2n) is 6.41. The Bertz CT molecular complexity index is 1020. The summed E-state index contributed by atoms with van der Waals surface area (Å²) < 4.78 is 6.83. The molecule has 3 aromatic rings. The van der Waals surface area contributed by atoms with Gasteiger partial charge < -0.3 is 14.6 Å². The summed E-state index contributed by atoms with van der Waals surface area (Å²) in [4.78, 5) is 25.1. The molecule has 0 radical (unpaired) electrons. The van der Waals surface area contributed by atoms with Crippen molar-refractivity contribution in [3.05, 3.63) is 64.8 Å². The lowest BCUT2D eigenvalue weighted by molar-refractivity contribution is 0.0602. The second kappa shape index (κ2) is 7.66. The van der Waals surface area contributed by atoms with E-state index in [0.29, 0.717) is 23.5 Å². The fourth-order valence-electron chi connectivity index (χ4n) is 3.47. The van der Waals surface area contributed by atoms with E-state index in [1.165, 1.54) is 12.7 Å². The van der Waals surface area contributed by atoms with Gasteiger partial charge >= 0.3 is 5.97 Å². The van der Waals surface area contributed by atoms with Crippen molar-refractivity contribution in [1.29, 1.82) is 0 Å². The van der Waals surface area contributed by atoms with E-state index >= 15 is 0 Å². The highest BCUT2D eigenvalue weighted by Crippen LogP contribution is 2.28. The fraction of sp³-hybridized carbons (Fsp3) is 0.273. The molecule has 3 rings (SSSR count). The molecule has 2 aromatic carbocycles. The lowest BCUT2D eigenvalue weighted by Gasteiger charge is -2.12. The first-order valence-electron chi connectivity index (χ1n) is 9.12. The van der Waals surface area contributed by atoms with Crippen LogP contribution in [0.3, 0.4) is 0 Å². The number of hydrogen-bond acceptors (Lipinski definition) is 3. The molecule has 1 N–H and O–H groups in total. The van der Waals surface area contributed by atoms with Crippen molar-refractivity contribution < 1.29 is 14.3 Å². The van der Waals surface area contributed by atoms with Gasteiger partial charge in [0.05, 0.1) is 18.4 Å². The minimum atomic E-state index is -0.480. The van der Waals surface area contributed by atoms with Gasteiger partial charge in [-0.2, -0.15) is 0 Å². The molecule has 5 heteroatoms. The number of benzene rings is 2. The number of anilines is 1. The second-order valence-corrected chi connectivity index (χ2v) is 6.41. The zero-order valence-electron chi connectivity index (χ0n) is 16.1. The number of aryl methyl sites for hydroxylation is 3. The number of para-hydroxylation sites is 1. The molecule has 0 saturated carbocycles. The molecule has 0 atom stereocenters. The largest absolute Gasteiger partial charge is 0.465 e. The Hall–Kier alpha value is -3.08. The highest BCUT2D eigenvalue weighted by Gasteiger charge is 2.21. The predicted molar refractivity (Wildman–Crippen MR) is 107 cm³/mol. The van der Waals surface area contributed by atoms with Crippen LogP contribution in [0.5, 0.6) is 0 Å². The smallest absolute Gasteiger partial charge is 0.339 e. The van der Waals surface area contributed by atoms with Crippen LogP contribution in [0, 0.1) is 6.92 Å². The zero-order valence-corrected chi connectivity index (χ0v) is 16.1. The van der Waals surface area contributed by atoms with Crippen LogP contribution in [0.4, 0.5) is 5.69 Å². The maximum absolute atomic E-state index is 13.1. The molecule has 0 aliphatic carbocycles. The van der Waals surface area contributed by atoms with Gasteiger partial charge in [-0.15, -0.1) is 0 Å². The van der Waals surface area contributed by atoms with E-state index in [1.54, 1.807) is 24.3 Å². The predicted octanol–water partition coefficient (Wildman–Crippen LogP) is 4.57. The molecule has 1 amide bonds. The van der Waals surface area contributed by atoms with E-state index in [0.717, 1.165) is 22.9 Å². The molecule has 0 aliphatic heterocycles. The van der Waals surface area contributed by atoms with Crippen LogP contribution in [0.25, 0.3) is 10.9 Å². The highest BCUT2D eigenvalue weighted by molar-refractivity contribution is 6.10. The van der Waals surface area contributed by atoms with E-state index in [-0.39, 0.29) is 5.91 Å². The van der Waals surface area contributed by atoms with Crippen LogP contribution >= 0.6 is 0 Å². The van der Waals surface area contributed by atoms with E-state index in [2.05, 4.69) is 30.4 Å². The Morgan fingerprint density at radius 3 is 2.52 bits per heavy atom. The van der Waals surface area contributed by atoms with Crippen molar-refractivity contribution in [2.75, 3.05) is 12.4 Å². The van der Waals surface area contributed by atoms with E-state index < -0.39 is 5.97 Å². The summed E-state index contributed by atoms with van der Waals surface area (Å²) >= 11 is 0. The van der Waals surface area contributed by atoms with E-state index in [9.17, 15) is 9.59 Å². The van der Waals surface area contributed by atoms with Crippen LogP contribution in [-0.4, -0.2) is 23.6 Å². The summed E-state index contributed by atoms with van der Waals surface area (Å²) in [6.45, 7) is 6.78. The molecule has 0 fully saturated rings. The number of rotatable bonds is 5. The minimum Gasteiger partial charge on any atom is -0.465 e. The number of ether oxygens (including phenoxy) is 1. The molecular formula is C22H24N2O3. The summed E-state index contributed by atoms with van der Waals surface area (Å²) in [5.41, 5.74) is 4.60. The molecule has 140 valence electrons. The van der Waals surface area contributed by atoms with Crippen LogP contribution in [0.1, 0.15) is 45.8 Å². The van der Waals surface area contributed by atoms with Crippen LogP contribution < -0.4 is 5.32 Å². The third-order valence-electron chi connectivity index (χ3n) is 4.90. The Balaban J connectivity index is 2.07. The monoisotopic (exact) mass is 364 g/mol. The Morgan fingerprint density at radius 1 is 1.11 bits per heavy atom. The van der Waals surface area contributed by atoms with Crippen molar-refractivity contribution in [2.45, 2.75) is 33.7 Å². The summed E-state index contributed by atoms with van der Waals surface area (Å²) in [7, 11) is 1.32. The van der Waals surface area contributed by atoms with Gasteiger partial charge in [-0.1, -0.05) is 25.1 Å². The van der Waals surface area contributed by atoms with Gasteiger partial charge in [0.25, 0.3) is 5.91 Å². The van der Waals surface area contributed by atoms with Gasteiger partial charge in [0.15, 0.2) is 0 Å². The first kappa shape index (κ1) is 18.7. The average Bonchev–Trinajstić information content (AvgIpc) is 2.99. The number of amides is 1. The number of carbonyl (C=O) groups is 2. The number of fused-ring (bicyclic) bond motifs is 1. The summed E-state index contributed by atoms with van der Waals surface area (Å²) in [5, 5.41) is 3.97. The first-order chi connectivity index (χ1) is 13.0. The summed E-state index contributed by atoms with van der Waals surface area (Å²) in [5.74, 6) is -0.716. The molecule has 0 aliphatic rings. The van der Waals surface area contributed by atoms with Crippen molar-refractivity contribution in [2.24, 2.45) is 0 Å². The Kier molecular flexibility index (Phi) is 5.31. The molecule has 0 spiro atoms. The van der Waals surface area contributed by atoms with Gasteiger partial charge in [0, 0.05) is 17.4 Å². The van der Waals surface area contributed by atoms with Crippen molar-refractivity contribution in [1.82, 2.24) is 4.57 Å². The molecule has 0 saturated heterocycles. The van der Waals surface area contributed by atoms with E-state index in [1.807, 2.05) is 18.4 Å². The van der Waals surface area contributed by atoms with Gasteiger partial charge in [-0.05, 0) is 55.7 Å². The summed E-state index contributed by atoms with van der Waals surface area (Å²) in [6, 6.07) is 13.2. The fourth-order valence-corrected chi connectivity index (χ4v) is 3.47. The van der Waals surface area contributed by atoms with Gasteiger partial charge in [-0.3, -0.25) is 4.79 Å². The van der Waals surface area contributed by atoms with Gasteiger partial charge in [-0.25, -0.2) is 4.79 Å². The SMILES string of the molecule is CCc1ccc2c(c1)c(C)c(C(=O)Nc1ccccc1C(=O)OC)n2CC. The number of esters is 1. The third kappa shape index (κ3) is 3.33. The molecule has 0 bridgehead atoms. The van der Waals surface area contributed by atoms with Crippen molar-refractivity contribution in [3.63, 3.8) is 0 Å². The van der Waals surface area contributed by atoms with Crippen molar-refractivity contribution >= 4 is 28.5 Å². The molecular weight excluding hydrogens is 340 g/mol. The van der Waals surface area contributed by atoms with Crippen LogP contribution in [-0.2, 0) is 17.7 Å². The Morgan fingerprint density at radius 2 is 1.85 bits per heavy atom. The number of nitrogens with zero attached hydrogens (tertiary/aromatic N) is 1. The molecule has 1 heterocycles. The summed E-state index contributed by atoms with van der Waals surface area (Å²) in [6.07, 6.45) is 0.945. The quantitative estimate of drug-likeness (QED) is 0.675. The van der Waals surface area contributed by atoms with Crippen molar-refractivity contribution in [3.8, 4) is 0 Å². The molecule has 1 aromatic heterocycles. The maximum atomic E-state index is 13.1. The first-order valence-corrected chi connectivity index (χ1v) is 9.12. The minimum absolute atomic E-state index is 0.236. The molecule has 5 nitrogen and oxygen atoms in total. The number of nitrogens with one attached hydrogen (secondary N) is 1. The van der Waals surface area contributed by atoms with Gasteiger partial charge in [0.1, 0.15) is 5.69 Å². The normalized spacial score (nSPS) is 10.8. The third-order valence-corrected chi connectivity index (χ3v) is 4.90. The Labute approximate surface area is 158 Å². The topological polar surface area (TPSA) is 60.3 Å². The van der Waals surface area contributed by atoms with Gasteiger partial charge in [0.2, 0.25) is 0 Å². The molecule has 27 heavy (non-hydrogen) atoms. The maximum Gasteiger partial charge on any atom is 0.339 e. The standard InChI is InChI=1S/C22H24N2O3/c1-5-15-11-12-19-17(13-15)14(3)20(24(19)6-2)21(25)23-18-10-8-7-9-16(18)22(26)27-4/h7-13H,5-6H2,1-4H3,(H,23,25).